The van der Waals surface area contributed by atoms with Crippen LogP contribution < -0.4 is 19.7 Å². The molecule has 1 saturated heterocycles. The van der Waals surface area contributed by atoms with Crippen LogP contribution >= 0.6 is 11.8 Å². The number of carbonyl (C=O) groups excluding carboxylic acids is 2. The van der Waals surface area contributed by atoms with Crippen molar-refractivity contribution >= 4 is 40.5 Å². The Kier molecular flexibility index (Phi) is 6.55. The third-order valence-corrected chi connectivity index (χ3v) is 6.64. The van der Waals surface area contributed by atoms with Gasteiger partial charge in [-0.15, -0.1) is 0 Å². The molecule has 3 aliphatic rings. The zero-order valence-electron chi connectivity index (χ0n) is 18.8. The van der Waals surface area contributed by atoms with Crippen molar-refractivity contribution in [2.45, 2.75) is 25.9 Å². The van der Waals surface area contributed by atoms with Gasteiger partial charge in [0.25, 0.3) is 5.91 Å². The Balaban J connectivity index is 1.34. The molecule has 34 heavy (non-hydrogen) atoms. The van der Waals surface area contributed by atoms with Crippen molar-refractivity contribution in [1.82, 2.24) is 5.32 Å². The summed E-state index contributed by atoms with van der Waals surface area (Å²) in [5.41, 5.74) is 2.87. The number of hydrogen-bond acceptors (Lipinski definition) is 7. The molecule has 176 valence electrons. The Morgan fingerprint density at radius 1 is 1.21 bits per heavy atom. The first-order chi connectivity index (χ1) is 16.6. The van der Waals surface area contributed by atoms with Gasteiger partial charge in [-0.1, -0.05) is 35.5 Å². The zero-order chi connectivity index (χ0) is 23.5. The first-order valence-corrected chi connectivity index (χ1v) is 12.2. The fraction of sp³-hybridized carbons (Fsp3) is 0.320. The number of fused-ring (bicyclic) bond motifs is 1. The van der Waals surface area contributed by atoms with Gasteiger partial charge in [0.15, 0.2) is 16.7 Å². The molecule has 0 saturated carbocycles. The van der Waals surface area contributed by atoms with Crippen LogP contribution in [0.15, 0.2) is 53.2 Å². The van der Waals surface area contributed by atoms with Crippen molar-refractivity contribution < 1.29 is 23.8 Å². The van der Waals surface area contributed by atoms with Gasteiger partial charge < -0.3 is 19.5 Å². The summed E-state index contributed by atoms with van der Waals surface area (Å²) >= 11 is 1.24. The fourth-order valence-corrected chi connectivity index (χ4v) is 4.73. The second-order valence-electron chi connectivity index (χ2n) is 8.24. The molecule has 0 aromatic heterocycles. The molecule has 0 bridgehead atoms. The highest BCUT2D eigenvalue weighted by molar-refractivity contribution is 8.14. The van der Waals surface area contributed by atoms with Crippen LogP contribution in [0.5, 0.6) is 11.5 Å². The standard InChI is InChI=1S/C25H25N3O5S/c1-16-4-7-18(8-5-16)28-24(30)20(11-17-6-9-21-22(12-17)33-15-32-21)27-25(28)34-14-23(29)26-13-19-3-2-10-31-19/h4-9,11-12,19H,2-3,10,13-15H2,1H3,(H,26,29). The van der Waals surface area contributed by atoms with E-state index in [0.29, 0.717) is 34.6 Å². The molecule has 1 N–H and O–H groups in total. The molecular weight excluding hydrogens is 454 g/mol. The van der Waals surface area contributed by atoms with Gasteiger partial charge in [0.2, 0.25) is 12.7 Å². The lowest BCUT2D eigenvalue weighted by atomic mass is 10.1. The summed E-state index contributed by atoms with van der Waals surface area (Å²) in [6.45, 7) is 3.42. The SMILES string of the molecule is Cc1ccc(N2C(=O)C(=Cc3ccc4c(c3)OCO4)N=C2SCC(=O)NCC2CCCO2)cc1. The largest absolute Gasteiger partial charge is 0.454 e. The third-order valence-electron chi connectivity index (χ3n) is 5.71. The molecule has 5 rings (SSSR count). The average molecular weight is 480 g/mol. The highest BCUT2D eigenvalue weighted by Gasteiger charge is 2.32. The molecule has 2 aromatic rings. The first-order valence-electron chi connectivity index (χ1n) is 11.2. The highest BCUT2D eigenvalue weighted by atomic mass is 32.2. The average Bonchev–Trinajstić information content (AvgIpc) is 3.58. The topological polar surface area (TPSA) is 89.5 Å². The maximum Gasteiger partial charge on any atom is 0.283 e. The van der Waals surface area contributed by atoms with E-state index in [9.17, 15) is 9.59 Å². The number of aliphatic imine (C=N–C) groups is 1. The Morgan fingerprint density at radius 3 is 2.82 bits per heavy atom. The summed E-state index contributed by atoms with van der Waals surface area (Å²) in [6, 6.07) is 13.1. The number of ether oxygens (including phenoxy) is 3. The van der Waals surface area contributed by atoms with Crippen LogP contribution in [-0.4, -0.2) is 48.8 Å². The molecule has 0 radical (unpaired) electrons. The molecule has 9 heteroatoms. The maximum absolute atomic E-state index is 13.3. The number of hydrogen-bond donors (Lipinski definition) is 1. The summed E-state index contributed by atoms with van der Waals surface area (Å²) in [5, 5.41) is 3.38. The summed E-state index contributed by atoms with van der Waals surface area (Å²) in [7, 11) is 0. The van der Waals surface area contributed by atoms with Gasteiger partial charge in [0, 0.05) is 13.2 Å². The van der Waals surface area contributed by atoms with Crippen LogP contribution in [0.4, 0.5) is 5.69 Å². The minimum absolute atomic E-state index is 0.0830. The Morgan fingerprint density at radius 2 is 2.03 bits per heavy atom. The van der Waals surface area contributed by atoms with Gasteiger partial charge in [-0.3, -0.25) is 14.5 Å². The minimum atomic E-state index is -0.246. The molecule has 3 aliphatic heterocycles. The first kappa shape index (κ1) is 22.5. The molecule has 8 nitrogen and oxygen atoms in total. The van der Waals surface area contributed by atoms with E-state index in [-0.39, 0.29) is 30.5 Å². The summed E-state index contributed by atoms with van der Waals surface area (Å²) in [4.78, 5) is 31.9. The Hall–Kier alpha value is -3.30. The fourth-order valence-electron chi connectivity index (χ4n) is 3.89. The van der Waals surface area contributed by atoms with Crippen molar-refractivity contribution in [3.05, 3.63) is 59.3 Å². The van der Waals surface area contributed by atoms with E-state index in [1.807, 2.05) is 49.4 Å². The van der Waals surface area contributed by atoms with Gasteiger partial charge in [0.1, 0.15) is 5.70 Å². The number of amides is 2. The maximum atomic E-state index is 13.3. The summed E-state index contributed by atoms with van der Waals surface area (Å²) in [5.74, 6) is 1.10. The number of aryl methyl sites for hydroxylation is 1. The van der Waals surface area contributed by atoms with Gasteiger partial charge in [-0.2, -0.15) is 0 Å². The lowest BCUT2D eigenvalue weighted by Gasteiger charge is -2.18. The monoisotopic (exact) mass is 479 g/mol. The molecule has 0 spiro atoms. The third kappa shape index (κ3) is 4.95. The van der Waals surface area contributed by atoms with E-state index >= 15 is 0 Å². The number of nitrogens with zero attached hydrogens (tertiary/aromatic N) is 2. The quantitative estimate of drug-likeness (QED) is 0.638. The lowest BCUT2D eigenvalue weighted by molar-refractivity contribution is -0.119. The summed E-state index contributed by atoms with van der Waals surface area (Å²) < 4.78 is 16.4. The van der Waals surface area contributed by atoms with Crippen LogP contribution in [0.25, 0.3) is 6.08 Å². The predicted octanol–water partition coefficient (Wildman–Crippen LogP) is 3.50. The van der Waals surface area contributed by atoms with Gasteiger partial charge in [-0.25, -0.2) is 4.99 Å². The number of benzene rings is 2. The smallest absolute Gasteiger partial charge is 0.283 e. The van der Waals surface area contributed by atoms with Crippen molar-refractivity contribution in [3.63, 3.8) is 0 Å². The van der Waals surface area contributed by atoms with Crippen molar-refractivity contribution in [1.29, 1.82) is 0 Å². The van der Waals surface area contributed by atoms with E-state index in [0.717, 1.165) is 30.6 Å². The molecule has 1 atom stereocenters. The van der Waals surface area contributed by atoms with Gasteiger partial charge in [-0.05, 0) is 55.7 Å². The number of nitrogens with one attached hydrogen (secondary N) is 1. The van der Waals surface area contributed by atoms with Crippen LogP contribution in [0.3, 0.4) is 0 Å². The van der Waals surface area contributed by atoms with E-state index in [4.69, 9.17) is 14.2 Å². The Labute approximate surface area is 202 Å². The minimum Gasteiger partial charge on any atom is -0.454 e. The van der Waals surface area contributed by atoms with Crippen LogP contribution in [0.1, 0.15) is 24.0 Å². The summed E-state index contributed by atoms with van der Waals surface area (Å²) in [6.07, 6.45) is 3.79. The van der Waals surface area contributed by atoms with Crippen molar-refractivity contribution in [2.24, 2.45) is 4.99 Å². The molecule has 1 fully saturated rings. The van der Waals surface area contributed by atoms with Crippen LogP contribution in [0, 0.1) is 6.92 Å². The van der Waals surface area contributed by atoms with Gasteiger partial charge >= 0.3 is 0 Å². The number of rotatable bonds is 6. The number of amidine groups is 1. The van der Waals surface area contributed by atoms with Crippen molar-refractivity contribution in [3.8, 4) is 11.5 Å². The number of anilines is 1. The molecule has 3 heterocycles. The second-order valence-corrected chi connectivity index (χ2v) is 9.18. The van der Waals surface area contributed by atoms with E-state index < -0.39 is 0 Å². The lowest BCUT2D eigenvalue weighted by Crippen LogP contribution is -2.35. The van der Waals surface area contributed by atoms with E-state index in [1.165, 1.54) is 11.8 Å². The predicted molar refractivity (Wildman–Crippen MR) is 131 cm³/mol. The van der Waals surface area contributed by atoms with E-state index in [2.05, 4.69) is 10.3 Å². The highest BCUT2D eigenvalue weighted by Crippen LogP contribution is 2.34. The molecule has 0 aliphatic carbocycles. The Bertz CT molecular complexity index is 1160. The van der Waals surface area contributed by atoms with Crippen LogP contribution in [0.2, 0.25) is 0 Å². The second kappa shape index (κ2) is 9.90. The van der Waals surface area contributed by atoms with Crippen molar-refractivity contribution in [2.75, 3.05) is 30.6 Å². The van der Waals surface area contributed by atoms with E-state index in [1.54, 1.807) is 11.0 Å². The molecule has 1 unspecified atom stereocenters. The molecule has 2 aromatic carbocycles. The van der Waals surface area contributed by atoms with Crippen LogP contribution in [-0.2, 0) is 14.3 Å². The molecule has 2 amide bonds. The molecular formula is C25H25N3O5S. The number of carbonyl (C=O) groups is 2. The zero-order valence-corrected chi connectivity index (χ0v) is 19.6. The normalized spacial score (nSPS) is 20.2. The number of thioether (sulfide) groups is 1. The van der Waals surface area contributed by atoms with Gasteiger partial charge in [0.05, 0.1) is 17.5 Å².